The van der Waals surface area contributed by atoms with Gasteiger partial charge in [-0.3, -0.25) is 9.69 Å². The fourth-order valence-electron chi connectivity index (χ4n) is 2.10. The van der Waals surface area contributed by atoms with E-state index in [-0.39, 0.29) is 18.0 Å². The van der Waals surface area contributed by atoms with Gasteiger partial charge < -0.3 is 20.2 Å². The molecule has 6 nitrogen and oxygen atoms in total. The minimum absolute atomic E-state index is 0.0415. The largest absolute Gasteiger partial charge is 0.508 e. The van der Waals surface area contributed by atoms with Crippen LogP contribution in [-0.2, 0) is 4.79 Å². The summed E-state index contributed by atoms with van der Waals surface area (Å²) in [7, 11) is 0. The lowest BCUT2D eigenvalue weighted by Crippen LogP contribution is -2.48. The number of hydrogen-bond donors (Lipinski definition) is 3. The zero-order valence-electron chi connectivity index (χ0n) is 9.91. The molecule has 1 heterocycles. The molecule has 0 unspecified atom stereocenters. The maximum atomic E-state index is 10.6. The molecular weight excluding hydrogens is 236 g/mol. The molecule has 0 saturated carbocycles. The molecule has 6 heteroatoms. The quantitative estimate of drug-likeness (QED) is 0.671. The summed E-state index contributed by atoms with van der Waals surface area (Å²) < 4.78 is 0. The van der Waals surface area contributed by atoms with E-state index in [0.29, 0.717) is 31.9 Å². The van der Waals surface area contributed by atoms with Crippen LogP contribution < -0.4 is 4.90 Å². The van der Waals surface area contributed by atoms with E-state index < -0.39 is 5.97 Å². The zero-order valence-corrected chi connectivity index (χ0v) is 9.91. The van der Waals surface area contributed by atoms with E-state index in [4.69, 9.17) is 5.11 Å². The molecule has 1 aromatic rings. The molecule has 18 heavy (non-hydrogen) atoms. The fraction of sp³-hybridized carbons (Fsp3) is 0.417. The Morgan fingerprint density at radius 2 is 1.83 bits per heavy atom. The van der Waals surface area contributed by atoms with Crippen molar-refractivity contribution in [2.24, 2.45) is 0 Å². The number of benzene rings is 1. The van der Waals surface area contributed by atoms with Crippen molar-refractivity contribution in [2.75, 3.05) is 37.6 Å². The Labute approximate surface area is 105 Å². The van der Waals surface area contributed by atoms with E-state index in [1.165, 1.54) is 18.2 Å². The minimum atomic E-state index is -0.830. The van der Waals surface area contributed by atoms with E-state index in [1.54, 1.807) is 0 Å². The number of aliphatic carboxylic acids is 1. The van der Waals surface area contributed by atoms with Crippen LogP contribution in [0.1, 0.15) is 0 Å². The summed E-state index contributed by atoms with van der Waals surface area (Å²) in [6, 6.07) is 4.40. The van der Waals surface area contributed by atoms with Crippen LogP contribution in [0, 0.1) is 0 Å². The van der Waals surface area contributed by atoms with Crippen molar-refractivity contribution in [2.45, 2.75) is 0 Å². The molecule has 3 N–H and O–H groups in total. The van der Waals surface area contributed by atoms with E-state index in [2.05, 4.69) is 0 Å². The van der Waals surface area contributed by atoms with Crippen LogP contribution in [0.3, 0.4) is 0 Å². The lowest BCUT2D eigenvalue weighted by atomic mass is 10.2. The van der Waals surface area contributed by atoms with Crippen LogP contribution >= 0.6 is 0 Å². The van der Waals surface area contributed by atoms with Crippen LogP contribution in [0.15, 0.2) is 18.2 Å². The first-order valence-corrected chi connectivity index (χ1v) is 5.77. The number of phenolic OH excluding ortho intramolecular Hbond substituents is 2. The second-order valence-corrected chi connectivity index (χ2v) is 4.33. The zero-order chi connectivity index (χ0) is 13.1. The Hall–Kier alpha value is -1.95. The number of aromatic hydroxyl groups is 2. The number of piperazine rings is 1. The molecular formula is C12H16N2O4. The monoisotopic (exact) mass is 252 g/mol. The van der Waals surface area contributed by atoms with Crippen molar-refractivity contribution in [3.05, 3.63) is 18.2 Å². The van der Waals surface area contributed by atoms with E-state index in [0.717, 1.165) is 0 Å². The van der Waals surface area contributed by atoms with Crippen LogP contribution in [0.25, 0.3) is 0 Å². The standard InChI is InChI=1S/C12H16N2O4/c15-9-1-2-11(16)10(7-9)14-5-3-13(4-6-14)8-12(17)18/h1-2,7,15-16H,3-6,8H2,(H,17,18). The molecule has 0 atom stereocenters. The Bertz CT molecular complexity index is 442. The maximum absolute atomic E-state index is 10.6. The van der Waals surface area contributed by atoms with Gasteiger partial charge in [0.15, 0.2) is 0 Å². The van der Waals surface area contributed by atoms with E-state index in [9.17, 15) is 15.0 Å². The Morgan fingerprint density at radius 3 is 2.44 bits per heavy atom. The first-order chi connectivity index (χ1) is 8.56. The molecule has 0 amide bonds. The van der Waals surface area contributed by atoms with Gasteiger partial charge in [0, 0.05) is 32.2 Å². The third-order valence-electron chi connectivity index (χ3n) is 3.03. The second kappa shape index (κ2) is 5.14. The Balaban J connectivity index is 2.01. The molecule has 0 bridgehead atoms. The van der Waals surface area contributed by atoms with Gasteiger partial charge in [-0.2, -0.15) is 0 Å². The van der Waals surface area contributed by atoms with Crippen molar-refractivity contribution in [3.63, 3.8) is 0 Å². The molecule has 1 aliphatic heterocycles. The first kappa shape index (κ1) is 12.5. The number of carboxylic acid groups (broad SMARTS) is 1. The molecule has 0 aromatic heterocycles. The summed E-state index contributed by atoms with van der Waals surface area (Å²) in [6.45, 7) is 2.55. The summed E-state index contributed by atoms with van der Waals surface area (Å²) in [5.74, 6) is -0.598. The summed E-state index contributed by atoms with van der Waals surface area (Å²) in [6.07, 6.45) is 0. The predicted molar refractivity (Wildman–Crippen MR) is 66.1 cm³/mol. The van der Waals surface area contributed by atoms with Crippen molar-refractivity contribution in [1.29, 1.82) is 0 Å². The number of carboxylic acids is 1. The van der Waals surface area contributed by atoms with Crippen molar-refractivity contribution < 1.29 is 20.1 Å². The molecule has 2 rings (SSSR count). The second-order valence-electron chi connectivity index (χ2n) is 4.33. The number of carbonyl (C=O) groups is 1. The van der Waals surface area contributed by atoms with Crippen molar-refractivity contribution in [3.8, 4) is 11.5 Å². The maximum Gasteiger partial charge on any atom is 0.317 e. The van der Waals surface area contributed by atoms with Crippen LogP contribution in [0.4, 0.5) is 5.69 Å². The molecule has 1 aromatic carbocycles. The van der Waals surface area contributed by atoms with Gasteiger partial charge in [-0.05, 0) is 12.1 Å². The lowest BCUT2D eigenvalue weighted by molar-refractivity contribution is -0.138. The average Bonchev–Trinajstić information content (AvgIpc) is 2.33. The highest BCUT2D eigenvalue weighted by Gasteiger charge is 2.20. The third-order valence-corrected chi connectivity index (χ3v) is 3.03. The van der Waals surface area contributed by atoms with E-state index >= 15 is 0 Å². The Kier molecular flexibility index (Phi) is 3.57. The SMILES string of the molecule is O=C(O)CN1CCN(c2cc(O)ccc2O)CC1. The van der Waals surface area contributed by atoms with Gasteiger partial charge in [0.05, 0.1) is 12.2 Å². The summed E-state index contributed by atoms with van der Waals surface area (Å²) in [4.78, 5) is 14.4. The highest BCUT2D eigenvalue weighted by molar-refractivity contribution is 5.69. The number of rotatable bonds is 3. The Morgan fingerprint density at radius 1 is 1.17 bits per heavy atom. The molecule has 98 valence electrons. The van der Waals surface area contributed by atoms with Crippen LogP contribution in [0.2, 0.25) is 0 Å². The lowest BCUT2D eigenvalue weighted by Gasteiger charge is -2.35. The molecule has 0 aliphatic carbocycles. The summed E-state index contributed by atoms with van der Waals surface area (Å²) >= 11 is 0. The van der Waals surface area contributed by atoms with Crippen LogP contribution in [0.5, 0.6) is 11.5 Å². The topological polar surface area (TPSA) is 84.2 Å². The average molecular weight is 252 g/mol. The highest BCUT2D eigenvalue weighted by atomic mass is 16.4. The van der Waals surface area contributed by atoms with Crippen molar-refractivity contribution >= 4 is 11.7 Å². The van der Waals surface area contributed by atoms with Gasteiger partial charge in [0.2, 0.25) is 0 Å². The number of hydrogen-bond acceptors (Lipinski definition) is 5. The van der Waals surface area contributed by atoms with Gasteiger partial charge in [-0.15, -0.1) is 0 Å². The number of anilines is 1. The predicted octanol–water partition coefficient (Wildman–Crippen LogP) is 0.304. The normalized spacial score (nSPS) is 16.8. The first-order valence-electron chi connectivity index (χ1n) is 5.77. The molecule has 1 fully saturated rings. The van der Waals surface area contributed by atoms with Crippen LogP contribution in [-0.4, -0.2) is 58.9 Å². The van der Waals surface area contributed by atoms with E-state index in [1.807, 2.05) is 9.80 Å². The minimum Gasteiger partial charge on any atom is -0.508 e. The van der Waals surface area contributed by atoms with Gasteiger partial charge in [0.25, 0.3) is 0 Å². The molecule has 0 radical (unpaired) electrons. The highest BCUT2D eigenvalue weighted by Crippen LogP contribution is 2.31. The third kappa shape index (κ3) is 2.84. The fourth-order valence-corrected chi connectivity index (χ4v) is 2.10. The summed E-state index contributed by atoms with van der Waals surface area (Å²) in [5, 5.41) is 27.9. The molecule has 0 spiro atoms. The molecule has 1 aliphatic rings. The smallest absolute Gasteiger partial charge is 0.317 e. The van der Waals surface area contributed by atoms with Gasteiger partial charge in [-0.25, -0.2) is 0 Å². The van der Waals surface area contributed by atoms with Crippen molar-refractivity contribution in [1.82, 2.24) is 4.90 Å². The van der Waals surface area contributed by atoms with Gasteiger partial charge >= 0.3 is 5.97 Å². The number of nitrogens with zero attached hydrogens (tertiary/aromatic N) is 2. The summed E-state index contributed by atoms with van der Waals surface area (Å²) in [5.41, 5.74) is 0.588. The van der Waals surface area contributed by atoms with Gasteiger partial charge in [0.1, 0.15) is 11.5 Å². The molecule has 1 saturated heterocycles. The van der Waals surface area contributed by atoms with Gasteiger partial charge in [-0.1, -0.05) is 0 Å². The number of phenols is 2.